The maximum Gasteiger partial charge on any atom is 0.228 e. The minimum absolute atomic E-state index is 0.169. The van der Waals surface area contributed by atoms with Crippen molar-refractivity contribution in [3.8, 4) is 10.6 Å². The summed E-state index contributed by atoms with van der Waals surface area (Å²) >= 11 is 1.62. The van der Waals surface area contributed by atoms with Gasteiger partial charge in [-0.15, -0.1) is 11.3 Å². The van der Waals surface area contributed by atoms with Crippen LogP contribution in [0.4, 0.5) is 0 Å². The first kappa shape index (κ1) is 21.4. The van der Waals surface area contributed by atoms with E-state index in [1.807, 2.05) is 17.3 Å². The van der Waals surface area contributed by atoms with E-state index < -0.39 is 0 Å². The molecule has 0 spiro atoms. The highest BCUT2D eigenvalue weighted by Crippen LogP contribution is 2.26. The molecule has 4 rings (SSSR count). The lowest BCUT2D eigenvalue weighted by molar-refractivity contribution is -0.132. The van der Waals surface area contributed by atoms with Crippen LogP contribution >= 0.6 is 11.3 Å². The van der Waals surface area contributed by atoms with Crippen LogP contribution in [0.15, 0.2) is 29.6 Å². The number of piperidine rings is 1. The average Bonchev–Trinajstić information content (AvgIpc) is 3.23. The first-order chi connectivity index (χ1) is 14.6. The number of hydrogen-bond donors (Lipinski definition) is 0. The number of carbonyl (C=O) groups excluding carboxylic acids is 1. The van der Waals surface area contributed by atoms with Crippen LogP contribution in [0.1, 0.15) is 24.1 Å². The van der Waals surface area contributed by atoms with Crippen LogP contribution in [0.3, 0.4) is 0 Å². The van der Waals surface area contributed by atoms with E-state index >= 15 is 0 Å². The Kier molecular flexibility index (Phi) is 7.15. The van der Waals surface area contributed by atoms with Gasteiger partial charge in [-0.3, -0.25) is 9.69 Å². The van der Waals surface area contributed by atoms with Gasteiger partial charge < -0.3 is 14.5 Å². The molecule has 1 aromatic carbocycles. The second-order valence-corrected chi connectivity index (χ2v) is 9.31. The van der Waals surface area contributed by atoms with Gasteiger partial charge >= 0.3 is 0 Å². The van der Waals surface area contributed by atoms with Crippen LogP contribution in [-0.2, 0) is 22.5 Å². The summed E-state index contributed by atoms with van der Waals surface area (Å²) in [6, 6.07) is 8.96. The smallest absolute Gasteiger partial charge is 0.228 e. The molecular formula is C23H32N4O2S. The number of likely N-dealkylation sites (tertiary alicyclic amines) is 1. The number of nitrogens with zero attached hydrogens (tertiary/aromatic N) is 4. The third-order valence-electron chi connectivity index (χ3n) is 6.20. The van der Waals surface area contributed by atoms with E-state index in [4.69, 9.17) is 9.72 Å². The fourth-order valence-electron chi connectivity index (χ4n) is 4.21. The van der Waals surface area contributed by atoms with Crippen LogP contribution in [0.5, 0.6) is 0 Å². The van der Waals surface area contributed by atoms with Gasteiger partial charge in [0.25, 0.3) is 0 Å². The normalized spacial score (nSPS) is 19.1. The molecule has 0 aliphatic carbocycles. The molecule has 30 heavy (non-hydrogen) atoms. The summed E-state index contributed by atoms with van der Waals surface area (Å²) in [5, 5.41) is 3.02. The lowest BCUT2D eigenvalue weighted by Gasteiger charge is -2.35. The Hall–Kier alpha value is -1.80. The molecule has 2 fully saturated rings. The number of rotatable bonds is 6. The number of aromatic nitrogens is 1. The summed E-state index contributed by atoms with van der Waals surface area (Å²) in [6.45, 7) is 6.66. The van der Waals surface area contributed by atoms with Gasteiger partial charge in [0.05, 0.1) is 25.3 Å². The molecule has 2 aliphatic heterocycles. The summed E-state index contributed by atoms with van der Waals surface area (Å²) < 4.78 is 5.44. The van der Waals surface area contributed by atoms with Crippen LogP contribution in [0.25, 0.3) is 10.6 Å². The second kappa shape index (κ2) is 10.0. The summed E-state index contributed by atoms with van der Waals surface area (Å²) in [5.74, 6) is 0.169. The molecule has 2 aromatic rings. The van der Waals surface area contributed by atoms with Gasteiger partial charge in [-0.25, -0.2) is 4.98 Å². The van der Waals surface area contributed by atoms with E-state index in [2.05, 4.69) is 41.1 Å². The Morgan fingerprint density at radius 2 is 2.00 bits per heavy atom. The van der Waals surface area contributed by atoms with Gasteiger partial charge in [0.15, 0.2) is 0 Å². The zero-order valence-electron chi connectivity index (χ0n) is 18.0. The molecule has 0 saturated carbocycles. The largest absolute Gasteiger partial charge is 0.379 e. The van der Waals surface area contributed by atoms with Crippen molar-refractivity contribution in [2.45, 2.75) is 31.8 Å². The van der Waals surface area contributed by atoms with Gasteiger partial charge in [0, 0.05) is 43.7 Å². The van der Waals surface area contributed by atoms with Gasteiger partial charge in [0.1, 0.15) is 5.01 Å². The highest BCUT2D eigenvalue weighted by molar-refractivity contribution is 7.13. The third kappa shape index (κ3) is 5.46. The molecule has 3 heterocycles. The topological polar surface area (TPSA) is 48.9 Å². The number of amides is 1. The number of morpholine rings is 1. The summed E-state index contributed by atoms with van der Waals surface area (Å²) in [5.41, 5.74) is 3.30. The number of benzene rings is 1. The van der Waals surface area contributed by atoms with Crippen LogP contribution in [0.2, 0.25) is 0 Å². The van der Waals surface area contributed by atoms with E-state index in [-0.39, 0.29) is 5.91 Å². The molecule has 0 radical (unpaired) electrons. The van der Waals surface area contributed by atoms with Crippen LogP contribution < -0.4 is 0 Å². The summed E-state index contributed by atoms with van der Waals surface area (Å²) in [7, 11) is 4.09. The predicted octanol–water partition coefficient (Wildman–Crippen LogP) is 2.74. The number of hydrogen-bond acceptors (Lipinski definition) is 6. The molecule has 6 nitrogen and oxygen atoms in total. The Balaban J connectivity index is 1.36. The molecule has 2 aliphatic rings. The minimum Gasteiger partial charge on any atom is -0.379 e. The molecule has 0 bridgehead atoms. The number of ether oxygens (including phenoxy) is 1. The zero-order chi connectivity index (χ0) is 20.9. The van der Waals surface area contributed by atoms with E-state index in [0.29, 0.717) is 12.5 Å². The number of thiazole rings is 1. The molecule has 162 valence electrons. The summed E-state index contributed by atoms with van der Waals surface area (Å²) in [6.07, 6.45) is 2.49. The first-order valence-electron chi connectivity index (χ1n) is 10.9. The van der Waals surface area contributed by atoms with E-state index in [0.717, 1.165) is 75.0 Å². The van der Waals surface area contributed by atoms with Crippen molar-refractivity contribution in [3.05, 3.63) is 40.9 Å². The van der Waals surface area contributed by atoms with Gasteiger partial charge in [-0.1, -0.05) is 18.2 Å². The molecule has 0 N–H and O–H groups in total. The third-order valence-corrected chi connectivity index (χ3v) is 7.14. The van der Waals surface area contributed by atoms with E-state index in [9.17, 15) is 4.79 Å². The molecule has 0 unspecified atom stereocenters. The Bertz CT molecular complexity index is 841. The fraction of sp³-hybridized carbons (Fsp3) is 0.565. The monoisotopic (exact) mass is 428 g/mol. The molecular weight excluding hydrogens is 396 g/mol. The molecule has 0 atom stereocenters. The van der Waals surface area contributed by atoms with Gasteiger partial charge in [-0.05, 0) is 44.6 Å². The van der Waals surface area contributed by atoms with Crippen molar-refractivity contribution >= 4 is 17.2 Å². The van der Waals surface area contributed by atoms with E-state index in [1.54, 1.807) is 11.3 Å². The van der Waals surface area contributed by atoms with Gasteiger partial charge in [0.2, 0.25) is 5.91 Å². The Labute approximate surface area is 183 Å². The van der Waals surface area contributed by atoms with E-state index in [1.165, 1.54) is 5.56 Å². The quantitative estimate of drug-likeness (QED) is 0.708. The van der Waals surface area contributed by atoms with Crippen molar-refractivity contribution in [1.82, 2.24) is 19.7 Å². The Morgan fingerprint density at radius 3 is 2.77 bits per heavy atom. The molecule has 7 heteroatoms. The SMILES string of the molecule is CN1CCC(N(C)C(=O)Cc2csc(-c3cccc(CN4CCOCC4)c3)n2)CC1. The maximum absolute atomic E-state index is 12.8. The fourth-order valence-corrected chi connectivity index (χ4v) is 5.02. The zero-order valence-corrected chi connectivity index (χ0v) is 18.9. The predicted molar refractivity (Wildman–Crippen MR) is 121 cm³/mol. The molecule has 1 amide bonds. The highest BCUT2D eigenvalue weighted by Gasteiger charge is 2.24. The van der Waals surface area contributed by atoms with Crippen LogP contribution in [0, 0.1) is 0 Å². The highest BCUT2D eigenvalue weighted by atomic mass is 32.1. The van der Waals surface area contributed by atoms with Crippen molar-refractivity contribution in [3.63, 3.8) is 0 Å². The average molecular weight is 429 g/mol. The van der Waals surface area contributed by atoms with Crippen molar-refractivity contribution in [1.29, 1.82) is 0 Å². The first-order valence-corrected chi connectivity index (χ1v) is 11.7. The van der Waals surface area contributed by atoms with Crippen molar-refractivity contribution in [2.24, 2.45) is 0 Å². The lowest BCUT2D eigenvalue weighted by Crippen LogP contribution is -2.45. The number of likely N-dealkylation sites (N-methyl/N-ethyl adjacent to an activating group) is 1. The maximum atomic E-state index is 12.8. The Morgan fingerprint density at radius 1 is 1.23 bits per heavy atom. The van der Waals surface area contributed by atoms with Crippen LogP contribution in [-0.4, -0.2) is 85.1 Å². The minimum atomic E-state index is 0.169. The lowest BCUT2D eigenvalue weighted by atomic mass is 10.0. The molecule has 2 saturated heterocycles. The second-order valence-electron chi connectivity index (χ2n) is 8.45. The summed E-state index contributed by atoms with van der Waals surface area (Å²) in [4.78, 5) is 24.2. The van der Waals surface area contributed by atoms with Crippen molar-refractivity contribution < 1.29 is 9.53 Å². The standard InChI is InChI=1S/C23H32N4O2S/c1-25-8-6-21(7-9-25)26(2)22(28)15-20-17-30-23(24-20)19-5-3-4-18(14-19)16-27-10-12-29-13-11-27/h3-5,14,17,21H,6-13,15-16H2,1-2H3. The van der Waals surface area contributed by atoms with Gasteiger partial charge in [-0.2, -0.15) is 0 Å². The van der Waals surface area contributed by atoms with Crippen molar-refractivity contribution in [2.75, 3.05) is 53.5 Å². The molecule has 1 aromatic heterocycles. The number of carbonyl (C=O) groups is 1.